The lowest BCUT2D eigenvalue weighted by Crippen LogP contribution is -2.49. The molecular weight excluding hydrogens is 198 g/mol. The van der Waals surface area contributed by atoms with E-state index in [4.69, 9.17) is 0 Å². The third-order valence-electron chi connectivity index (χ3n) is 4.64. The molecule has 2 aliphatic heterocycles. The molecule has 0 spiro atoms. The molecule has 2 unspecified atom stereocenters. The Morgan fingerprint density at radius 2 is 1.88 bits per heavy atom. The molecule has 2 N–H and O–H groups in total. The SMILES string of the molecule is OC1(C2=CCCCCC2)CC2CCC(C1)N2. The van der Waals surface area contributed by atoms with Crippen LogP contribution in [0.4, 0.5) is 0 Å². The second-order valence-corrected chi connectivity index (χ2v) is 5.91. The molecule has 0 amide bonds. The molecule has 3 rings (SSSR count). The first kappa shape index (κ1) is 10.8. The van der Waals surface area contributed by atoms with Gasteiger partial charge in [0.2, 0.25) is 0 Å². The number of rotatable bonds is 1. The molecule has 2 atom stereocenters. The monoisotopic (exact) mass is 221 g/mol. The topological polar surface area (TPSA) is 32.3 Å². The second kappa shape index (κ2) is 4.15. The van der Waals surface area contributed by atoms with Crippen LogP contribution in [0.25, 0.3) is 0 Å². The molecular formula is C14H23NO. The molecule has 16 heavy (non-hydrogen) atoms. The van der Waals surface area contributed by atoms with Crippen LogP contribution in [0.1, 0.15) is 57.8 Å². The van der Waals surface area contributed by atoms with Gasteiger partial charge in [0.1, 0.15) is 0 Å². The van der Waals surface area contributed by atoms with Gasteiger partial charge in [-0.2, -0.15) is 0 Å². The summed E-state index contributed by atoms with van der Waals surface area (Å²) < 4.78 is 0. The number of aliphatic hydroxyl groups is 1. The van der Waals surface area contributed by atoms with E-state index in [0.717, 1.165) is 19.3 Å². The van der Waals surface area contributed by atoms with Crippen molar-refractivity contribution in [3.05, 3.63) is 11.6 Å². The molecule has 2 bridgehead atoms. The van der Waals surface area contributed by atoms with Crippen LogP contribution >= 0.6 is 0 Å². The summed E-state index contributed by atoms with van der Waals surface area (Å²) in [4.78, 5) is 0. The van der Waals surface area contributed by atoms with Gasteiger partial charge in [-0.1, -0.05) is 12.5 Å². The Kier molecular flexibility index (Phi) is 2.80. The van der Waals surface area contributed by atoms with Crippen LogP contribution in [0.15, 0.2) is 11.6 Å². The highest BCUT2D eigenvalue weighted by atomic mass is 16.3. The van der Waals surface area contributed by atoms with E-state index in [1.165, 1.54) is 44.1 Å². The van der Waals surface area contributed by atoms with Gasteiger partial charge in [0.25, 0.3) is 0 Å². The van der Waals surface area contributed by atoms with E-state index in [-0.39, 0.29) is 0 Å². The van der Waals surface area contributed by atoms with Crippen LogP contribution in [0.2, 0.25) is 0 Å². The summed E-state index contributed by atoms with van der Waals surface area (Å²) in [7, 11) is 0. The molecule has 0 saturated carbocycles. The third kappa shape index (κ3) is 1.93. The summed E-state index contributed by atoms with van der Waals surface area (Å²) >= 11 is 0. The molecule has 2 heteroatoms. The number of hydrogen-bond donors (Lipinski definition) is 2. The van der Waals surface area contributed by atoms with Crippen molar-refractivity contribution in [2.24, 2.45) is 0 Å². The van der Waals surface area contributed by atoms with E-state index in [2.05, 4.69) is 11.4 Å². The van der Waals surface area contributed by atoms with E-state index in [0.29, 0.717) is 12.1 Å². The van der Waals surface area contributed by atoms with Gasteiger partial charge in [-0.05, 0) is 56.9 Å². The van der Waals surface area contributed by atoms with Gasteiger partial charge in [0, 0.05) is 12.1 Å². The highest BCUT2D eigenvalue weighted by Crippen LogP contribution is 2.40. The molecule has 0 aromatic carbocycles. The van der Waals surface area contributed by atoms with Crippen LogP contribution in [0.5, 0.6) is 0 Å². The molecule has 90 valence electrons. The quantitative estimate of drug-likeness (QED) is 0.667. The summed E-state index contributed by atoms with van der Waals surface area (Å²) in [5.41, 5.74) is 0.907. The van der Waals surface area contributed by atoms with Crippen molar-refractivity contribution < 1.29 is 5.11 Å². The predicted molar refractivity (Wildman–Crippen MR) is 65.3 cm³/mol. The Morgan fingerprint density at radius 3 is 2.62 bits per heavy atom. The lowest BCUT2D eigenvalue weighted by atomic mass is 9.79. The Bertz CT molecular complexity index is 285. The average Bonchev–Trinajstić information content (AvgIpc) is 2.53. The number of hydrogen-bond acceptors (Lipinski definition) is 2. The predicted octanol–water partition coefficient (Wildman–Crippen LogP) is 2.52. The van der Waals surface area contributed by atoms with Gasteiger partial charge in [0.05, 0.1) is 5.60 Å². The van der Waals surface area contributed by atoms with Crippen molar-refractivity contribution in [2.75, 3.05) is 0 Å². The van der Waals surface area contributed by atoms with Crippen LogP contribution in [0.3, 0.4) is 0 Å². The van der Waals surface area contributed by atoms with Gasteiger partial charge >= 0.3 is 0 Å². The van der Waals surface area contributed by atoms with Gasteiger partial charge in [-0.15, -0.1) is 0 Å². The molecule has 2 fully saturated rings. The summed E-state index contributed by atoms with van der Waals surface area (Å²) in [6.07, 6.45) is 13.0. The van der Waals surface area contributed by atoms with Crippen LogP contribution in [-0.2, 0) is 0 Å². The summed E-state index contributed by atoms with van der Waals surface area (Å²) in [6.45, 7) is 0. The Balaban J connectivity index is 1.78. The maximum atomic E-state index is 10.9. The van der Waals surface area contributed by atoms with Crippen LogP contribution < -0.4 is 5.32 Å². The summed E-state index contributed by atoms with van der Waals surface area (Å²) in [6, 6.07) is 1.15. The van der Waals surface area contributed by atoms with Gasteiger partial charge in [0.15, 0.2) is 0 Å². The highest BCUT2D eigenvalue weighted by Gasteiger charge is 2.44. The normalized spacial score (nSPS) is 43.9. The fourth-order valence-corrected chi connectivity index (χ4v) is 3.82. The maximum absolute atomic E-state index is 10.9. The molecule has 2 heterocycles. The minimum atomic E-state index is -0.457. The van der Waals surface area contributed by atoms with E-state index in [1.54, 1.807) is 0 Å². The fourth-order valence-electron chi connectivity index (χ4n) is 3.82. The molecule has 0 aromatic rings. The van der Waals surface area contributed by atoms with Crippen molar-refractivity contribution in [2.45, 2.75) is 75.5 Å². The number of fused-ring (bicyclic) bond motifs is 2. The second-order valence-electron chi connectivity index (χ2n) is 5.91. The average molecular weight is 221 g/mol. The molecule has 2 nitrogen and oxygen atoms in total. The van der Waals surface area contributed by atoms with E-state index >= 15 is 0 Å². The lowest BCUT2D eigenvalue weighted by molar-refractivity contribution is 0.0244. The number of nitrogens with one attached hydrogen (secondary N) is 1. The van der Waals surface area contributed by atoms with Crippen molar-refractivity contribution in [3.8, 4) is 0 Å². The minimum absolute atomic E-state index is 0.457. The van der Waals surface area contributed by atoms with Crippen LogP contribution in [0, 0.1) is 0 Å². The summed E-state index contributed by atoms with van der Waals surface area (Å²) in [5, 5.41) is 14.5. The largest absolute Gasteiger partial charge is 0.385 e. The molecule has 1 aliphatic carbocycles. The van der Waals surface area contributed by atoms with Crippen molar-refractivity contribution >= 4 is 0 Å². The summed E-state index contributed by atoms with van der Waals surface area (Å²) in [5.74, 6) is 0. The zero-order valence-electron chi connectivity index (χ0n) is 10.0. The van der Waals surface area contributed by atoms with E-state index < -0.39 is 5.60 Å². The Morgan fingerprint density at radius 1 is 1.12 bits per heavy atom. The number of allylic oxidation sites excluding steroid dienone is 1. The van der Waals surface area contributed by atoms with Crippen LogP contribution in [-0.4, -0.2) is 22.8 Å². The molecule has 2 saturated heterocycles. The number of piperidine rings is 1. The minimum Gasteiger partial charge on any atom is -0.385 e. The zero-order chi connectivity index (χ0) is 11.0. The van der Waals surface area contributed by atoms with Crippen molar-refractivity contribution in [1.29, 1.82) is 0 Å². The van der Waals surface area contributed by atoms with E-state index in [1.807, 2.05) is 0 Å². The van der Waals surface area contributed by atoms with Gasteiger partial charge in [-0.3, -0.25) is 0 Å². The van der Waals surface area contributed by atoms with Crippen molar-refractivity contribution in [1.82, 2.24) is 5.32 Å². The fraction of sp³-hybridized carbons (Fsp3) is 0.857. The molecule has 3 aliphatic rings. The molecule has 0 radical (unpaired) electrons. The standard InChI is InChI=1S/C14H23NO/c16-14(11-5-3-1-2-4-6-11)9-12-7-8-13(10-14)15-12/h5,12-13,15-16H,1-4,6-10H2. The third-order valence-corrected chi connectivity index (χ3v) is 4.64. The highest BCUT2D eigenvalue weighted by molar-refractivity contribution is 5.22. The maximum Gasteiger partial charge on any atom is 0.0886 e. The Hall–Kier alpha value is -0.340. The first-order valence-electron chi connectivity index (χ1n) is 6.94. The first-order valence-corrected chi connectivity index (χ1v) is 6.94. The Labute approximate surface area is 98.1 Å². The first-order chi connectivity index (χ1) is 7.76. The lowest BCUT2D eigenvalue weighted by Gasteiger charge is -2.39. The van der Waals surface area contributed by atoms with Gasteiger partial charge < -0.3 is 10.4 Å². The smallest absolute Gasteiger partial charge is 0.0886 e. The van der Waals surface area contributed by atoms with E-state index in [9.17, 15) is 5.11 Å². The zero-order valence-corrected chi connectivity index (χ0v) is 10.0. The molecule has 0 aromatic heterocycles. The van der Waals surface area contributed by atoms with Crippen molar-refractivity contribution in [3.63, 3.8) is 0 Å². The van der Waals surface area contributed by atoms with Gasteiger partial charge in [-0.25, -0.2) is 0 Å².